The van der Waals surface area contributed by atoms with Gasteiger partial charge in [-0.25, -0.2) is 4.99 Å². The van der Waals surface area contributed by atoms with Crippen LogP contribution in [0.3, 0.4) is 0 Å². The molecule has 2 aromatic rings. The van der Waals surface area contributed by atoms with Gasteiger partial charge in [0.2, 0.25) is 0 Å². The lowest BCUT2D eigenvalue weighted by atomic mass is 10.0. The van der Waals surface area contributed by atoms with Gasteiger partial charge in [-0.05, 0) is 24.6 Å². The number of methoxy groups -OCH3 is 1. The molecule has 2 N–H and O–H groups in total. The molecule has 0 bridgehead atoms. The monoisotopic (exact) mass is 466 g/mol. The molecule has 2 amide bonds. The molecule has 1 aliphatic rings. The minimum atomic E-state index is -0.512. The lowest BCUT2D eigenvalue weighted by molar-refractivity contribution is -0.117. The molecular formula is C22H19BrN4O3. The Morgan fingerprint density at radius 3 is 2.63 bits per heavy atom. The Kier molecular flexibility index (Phi) is 7.12. The number of carbonyl (C=O) groups is 2. The Bertz CT molecular complexity index is 1090. The van der Waals surface area contributed by atoms with Crippen LogP contribution in [0.25, 0.3) is 5.70 Å². The largest absolute Gasteiger partial charge is 0.385 e. The van der Waals surface area contributed by atoms with Crippen molar-refractivity contribution in [3.8, 4) is 6.07 Å². The molecule has 0 aromatic heterocycles. The van der Waals surface area contributed by atoms with Crippen LogP contribution in [0.4, 0.5) is 0 Å². The molecule has 2 aromatic carbocycles. The molecule has 0 fully saturated rings. The van der Waals surface area contributed by atoms with Crippen LogP contribution in [0.1, 0.15) is 27.9 Å². The first-order chi connectivity index (χ1) is 14.5. The number of ether oxygens (including phenoxy) is 1. The third-order valence-corrected chi connectivity index (χ3v) is 4.86. The fourth-order valence-electron chi connectivity index (χ4n) is 2.94. The molecule has 152 valence electrons. The zero-order valence-corrected chi connectivity index (χ0v) is 17.8. The number of amides is 2. The summed E-state index contributed by atoms with van der Waals surface area (Å²) in [6.45, 7) is 0.883. The summed E-state index contributed by atoms with van der Waals surface area (Å²) in [7, 11) is 1.58. The van der Waals surface area contributed by atoms with Gasteiger partial charge in [-0.3, -0.25) is 9.59 Å². The predicted molar refractivity (Wildman–Crippen MR) is 117 cm³/mol. The zero-order valence-electron chi connectivity index (χ0n) is 16.2. The number of nitrogens with zero attached hydrogens (tertiary/aromatic N) is 2. The number of carbonyl (C=O) groups excluding carboxylic acids is 2. The Morgan fingerprint density at radius 1 is 1.17 bits per heavy atom. The Morgan fingerprint density at radius 2 is 1.93 bits per heavy atom. The van der Waals surface area contributed by atoms with Crippen LogP contribution < -0.4 is 10.6 Å². The van der Waals surface area contributed by atoms with E-state index in [0.717, 1.165) is 4.47 Å². The van der Waals surface area contributed by atoms with Crippen molar-refractivity contribution < 1.29 is 14.3 Å². The molecule has 7 nitrogen and oxygen atoms in total. The second kappa shape index (κ2) is 9.96. The van der Waals surface area contributed by atoms with E-state index in [2.05, 4.69) is 31.6 Å². The maximum atomic E-state index is 12.7. The number of nitrogens with one attached hydrogen (secondary N) is 2. The molecule has 0 atom stereocenters. The van der Waals surface area contributed by atoms with Crippen molar-refractivity contribution in [1.82, 2.24) is 10.6 Å². The quantitative estimate of drug-likeness (QED) is 0.387. The van der Waals surface area contributed by atoms with Crippen molar-refractivity contribution in [3.63, 3.8) is 0 Å². The standard InChI is InChI=1S/C22H19BrN4O3/c1-30-11-5-10-25-22(29)18(13-24)19-16-8-2-3-9-17(16)20(26-19)27-21(28)14-6-4-7-15(23)12-14/h2-4,6-9,12H,5,10-11H2,1H3,(H,25,29)(H,26,27,28). The first-order valence-electron chi connectivity index (χ1n) is 9.22. The number of fused-ring (bicyclic) bond motifs is 1. The second-order valence-corrected chi connectivity index (χ2v) is 7.32. The first-order valence-corrected chi connectivity index (χ1v) is 10.0. The SMILES string of the molecule is COCCCNC(=O)C(C#N)=C1N=C(NC(=O)c2cccc(Br)c2)c2ccccc21. The van der Waals surface area contributed by atoms with E-state index < -0.39 is 5.91 Å². The van der Waals surface area contributed by atoms with Crippen LogP contribution >= 0.6 is 15.9 Å². The summed E-state index contributed by atoms with van der Waals surface area (Å²) in [6.07, 6.45) is 0.629. The molecule has 1 heterocycles. The molecular weight excluding hydrogens is 448 g/mol. The second-order valence-electron chi connectivity index (χ2n) is 6.41. The highest BCUT2D eigenvalue weighted by molar-refractivity contribution is 9.10. The summed E-state index contributed by atoms with van der Waals surface area (Å²) in [5, 5.41) is 15.1. The van der Waals surface area contributed by atoms with Crippen LogP contribution in [0.2, 0.25) is 0 Å². The van der Waals surface area contributed by atoms with Gasteiger partial charge < -0.3 is 15.4 Å². The number of benzene rings is 2. The van der Waals surface area contributed by atoms with Gasteiger partial charge in [-0.2, -0.15) is 5.26 Å². The maximum absolute atomic E-state index is 12.7. The zero-order chi connectivity index (χ0) is 21.5. The smallest absolute Gasteiger partial charge is 0.264 e. The van der Waals surface area contributed by atoms with E-state index in [9.17, 15) is 14.9 Å². The average molecular weight is 467 g/mol. The first kappa shape index (κ1) is 21.4. The average Bonchev–Trinajstić information content (AvgIpc) is 3.10. The molecule has 0 unspecified atom stereocenters. The number of amidine groups is 1. The molecule has 0 spiro atoms. The van der Waals surface area contributed by atoms with E-state index >= 15 is 0 Å². The maximum Gasteiger partial charge on any atom is 0.264 e. The number of nitriles is 1. The third-order valence-electron chi connectivity index (χ3n) is 4.37. The molecule has 0 radical (unpaired) electrons. The number of rotatable bonds is 6. The van der Waals surface area contributed by atoms with E-state index in [0.29, 0.717) is 42.1 Å². The summed E-state index contributed by atoms with van der Waals surface area (Å²) in [6, 6.07) is 16.1. The van der Waals surface area contributed by atoms with Gasteiger partial charge >= 0.3 is 0 Å². The highest BCUT2D eigenvalue weighted by atomic mass is 79.9. The highest BCUT2D eigenvalue weighted by Crippen LogP contribution is 2.30. The Labute approximate surface area is 182 Å². The molecule has 1 aliphatic heterocycles. The van der Waals surface area contributed by atoms with E-state index in [1.807, 2.05) is 12.1 Å². The van der Waals surface area contributed by atoms with Crippen molar-refractivity contribution in [3.05, 3.63) is 75.3 Å². The topological polar surface area (TPSA) is 104 Å². The van der Waals surface area contributed by atoms with Crippen molar-refractivity contribution >= 4 is 39.3 Å². The molecule has 8 heteroatoms. The normalized spacial score (nSPS) is 13.7. The lowest BCUT2D eigenvalue weighted by Gasteiger charge is -2.06. The Balaban J connectivity index is 1.91. The summed E-state index contributed by atoms with van der Waals surface area (Å²) < 4.78 is 5.74. The minimum Gasteiger partial charge on any atom is -0.385 e. The third kappa shape index (κ3) is 4.82. The molecule has 0 saturated heterocycles. The summed E-state index contributed by atoms with van der Waals surface area (Å²) >= 11 is 3.35. The number of halogens is 1. The minimum absolute atomic E-state index is 0.105. The number of hydrogen-bond acceptors (Lipinski definition) is 5. The summed E-state index contributed by atoms with van der Waals surface area (Å²) in [4.78, 5) is 29.6. The van der Waals surface area contributed by atoms with Gasteiger partial charge in [0.1, 0.15) is 17.5 Å². The van der Waals surface area contributed by atoms with Gasteiger partial charge in [0.15, 0.2) is 0 Å². The van der Waals surface area contributed by atoms with Crippen molar-refractivity contribution in [2.24, 2.45) is 4.99 Å². The molecule has 3 rings (SSSR count). The van der Waals surface area contributed by atoms with Gasteiger partial charge in [0, 0.05) is 41.4 Å². The van der Waals surface area contributed by atoms with E-state index in [1.165, 1.54) is 0 Å². The predicted octanol–water partition coefficient (Wildman–Crippen LogP) is 3.03. The molecule has 0 aliphatic carbocycles. The van der Waals surface area contributed by atoms with Crippen LogP contribution in [0.15, 0.2) is 63.6 Å². The molecule has 0 saturated carbocycles. The van der Waals surface area contributed by atoms with Gasteiger partial charge in [-0.1, -0.05) is 46.3 Å². The summed E-state index contributed by atoms with van der Waals surface area (Å²) in [5.74, 6) is -0.555. The van der Waals surface area contributed by atoms with Gasteiger partial charge in [0.25, 0.3) is 11.8 Å². The van der Waals surface area contributed by atoms with Crippen LogP contribution in [-0.4, -0.2) is 37.9 Å². The lowest BCUT2D eigenvalue weighted by Crippen LogP contribution is -2.30. The number of hydrogen-bond donors (Lipinski definition) is 2. The van der Waals surface area contributed by atoms with E-state index in [4.69, 9.17) is 4.74 Å². The summed E-state index contributed by atoms with van der Waals surface area (Å²) in [5.41, 5.74) is 1.85. The fourth-order valence-corrected chi connectivity index (χ4v) is 3.34. The van der Waals surface area contributed by atoms with Crippen molar-refractivity contribution in [2.75, 3.05) is 20.3 Å². The highest BCUT2D eigenvalue weighted by Gasteiger charge is 2.27. The van der Waals surface area contributed by atoms with Crippen molar-refractivity contribution in [2.45, 2.75) is 6.42 Å². The van der Waals surface area contributed by atoms with Crippen molar-refractivity contribution in [1.29, 1.82) is 5.26 Å². The van der Waals surface area contributed by atoms with Gasteiger partial charge in [0.05, 0.1) is 5.70 Å². The van der Waals surface area contributed by atoms with Crippen LogP contribution in [-0.2, 0) is 9.53 Å². The van der Waals surface area contributed by atoms with E-state index in [1.54, 1.807) is 49.6 Å². The van der Waals surface area contributed by atoms with Crippen LogP contribution in [0.5, 0.6) is 0 Å². The van der Waals surface area contributed by atoms with E-state index in [-0.39, 0.29) is 17.2 Å². The fraction of sp³-hybridized carbons (Fsp3) is 0.182. The number of aliphatic imine (C=N–C) groups is 1. The van der Waals surface area contributed by atoms with Crippen LogP contribution in [0, 0.1) is 11.3 Å². The van der Waals surface area contributed by atoms with Gasteiger partial charge in [-0.15, -0.1) is 0 Å². The Hall–Kier alpha value is -3.28. The molecule has 30 heavy (non-hydrogen) atoms.